The molecular formula is C15H18ClN. The minimum atomic E-state index is 0.863. The van der Waals surface area contributed by atoms with Crippen LogP contribution in [0.5, 0.6) is 0 Å². The van der Waals surface area contributed by atoms with Crippen molar-refractivity contribution in [2.75, 3.05) is 0 Å². The third-order valence-corrected chi connectivity index (χ3v) is 3.53. The van der Waals surface area contributed by atoms with Gasteiger partial charge in [-0.1, -0.05) is 48.0 Å². The highest BCUT2D eigenvalue weighted by molar-refractivity contribution is 6.32. The van der Waals surface area contributed by atoms with Gasteiger partial charge in [-0.25, -0.2) is 0 Å². The fourth-order valence-electron chi connectivity index (χ4n) is 2.18. The maximum atomic E-state index is 6.18. The molecule has 0 radical (unpaired) electrons. The van der Waals surface area contributed by atoms with Crippen LogP contribution in [0, 0.1) is 0 Å². The average molecular weight is 248 g/mol. The normalized spacial score (nSPS) is 15.9. The quantitative estimate of drug-likeness (QED) is 0.850. The van der Waals surface area contributed by atoms with Crippen LogP contribution in [0.15, 0.2) is 52.7 Å². The summed E-state index contributed by atoms with van der Waals surface area (Å²) in [5, 5.41) is 0.863. The van der Waals surface area contributed by atoms with Crippen molar-refractivity contribution < 1.29 is 0 Å². The lowest BCUT2D eigenvalue weighted by Gasteiger charge is -2.15. The molecule has 0 amide bonds. The average Bonchev–Trinajstić information content (AvgIpc) is 2.34. The molecule has 2 heteroatoms. The van der Waals surface area contributed by atoms with Crippen LogP contribution in [-0.4, -0.2) is 0 Å². The van der Waals surface area contributed by atoms with Crippen LogP contribution in [0.3, 0.4) is 0 Å². The molecule has 0 saturated heterocycles. The van der Waals surface area contributed by atoms with E-state index in [2.05, 4.69) is 30.3 Å². The highest BCUT2D eigenvalue weighted by Crippen LogP contribution is 2.29. The van der Waals surface area contributed by atoms with Crippen LogP contribution in [0.1, 0.15) is 31.2 Å². The summed E-state index contributed by atoms with van der Waals surface area (Å²) in [6.45, 7) is 0. The second kappa shape index (κ2) is 5.92. The monoisotopic (exact) mass is 247 g/mol. The van der Waals surface area contributed by atoms with E-state index in [1.807, 2.05) is 6.07 Å². The molecule has 0 aromatic heterocycles. The highest BCUT2D eigenvalue weighted by Gasteiger charge is 2.11. The molecule has 1 aliphatic carbocycles. The van der Waals surface area contributed by atoms with Crippen molar-refractivity contribution in [2.45, 2.75) is 32.1 Å². The molecule has 0 atom stereocenters. The van der Waals surface area contributed by atoms with E-state index in [1.165, 1.54) is 5.56 Å². The van der Waals surface area contributed by atoms with E-state index in [0.29, 0.717) is 0 Å². The molecule has 2 N–H and O–H groups in total. The van der Waals surface area contributed by atoms with Crippen molar-refractivity contribution in [2.24, 2.45) is 5.73 Å². The van der Waals surface area contributed by atoms with Gasteiger partial charge in [-0.2, -0.15) is 0 Å². The maximum Gasteiger partial charge on any atom is 0.0415 e. The van der Waals surface area contributed by atoms with Crippen LogP contribution in [0.25, 0.3) is 0 Å². The number of allylic oxidation sites excluding steroid dienone is 4. The Morgan fingerprint density at radius 3 is 2.59 bits per heavy atom. The second-order valence-corrected chi connectivity index (χ2v) is 4.84. The molecule has 0 fully saturated rings. The maximum absolute atomic E-state index is 6.18. The zero-order valence-corrected chi connectivity index (χ0v) is 10.7. The fraction of sp³-hybridized carbons (Fsp3) is 0.333. The molecule has 1 aromatic rings. The molecule has 17 heavy (non-hydrogen) atoms. The van der Waals surface area contributed by atoms with Crippen LogP contribution in [0.2, 0.25) is 0 Å². The largest absolute Gasteiger partial charge is 0.402 e. The van der Waals surface area contributed by atoms with Crippen molar-refractivity contribution in [3.05, 3.63) is 58.3 Å². The number of hydrogen-bond donors (Lipinski definition) is 1. The predicted molar refractivity (Wildman–Crippen MR) is 73.8 cm³/mol. The first-order valence-corrected chi connectivity index (χ1v) is 6.52. The van der Waals surface area contributed by atoms with Gasteiger partial charge in [0.1, 0.15) is 0 Å². The van der Waals surface area contributed by atoms with Gasteiger partial charge in [-0.15, -0.1) is 0 Å². The number of rotatable bonds is 4. The highest BCUT2D eigenvalue weighted by atomic mass is 35.5. The van der Waals surface area contributed by atoms with Crippen molar-refractivity contribution in [3.63, 3.8) is 0 Å². The van der Waals surface area contributed by atoms with E-state index < -0.39 is 0 Å². The van der Waals surface area contributed by atoms with Gasteiger partial charge >= 0.3 is 0 Å². The predicted octanol–water partition coefficient (Wildman–Crippen LogP) is 4.14. The fourth-order valence-corrected chi connectivity index (χ4v) is 2.50. The first-order valence-electron chi connectivity index (χ1n) is 6.15. The number of benzene rings is 1. The Hall–Kier alpha value is -1.21. The standard InChI is InChI=1S/C15H18ClN/c16-14-10-5-11-15(17)13(14)9-4-8-12-6-2-1-3-7-12/h1-3,6-7,10H,4-5,8-9,11,17H2. The Balaban J connectivity index is 1.89. The van der Waals surface area contributed by atoms with E-state index in [-0.39, 0.29) is 0 Å². The second-order valence-electron chi connectivity index (χ2n) is 4.43. The third kappa shape index (κ3) is 3.37. The summed E-state index contributed by atoms with van der Waals surface area (Å²) in [5.41, 5.74) is 9.52. The van der Waals surface area contributed by atoms with Crippen molar-refractivity contribution in [1.82, 2.24) is 0 Å². The number of aryl methyl sites for hydroxylation is 1. The smallest absolute Gasteiger partial charge is 0.0415 e. The molecule has 1 aliphatic rings. The molecular weight excluding hydrogens is 230 g/mol. The Labute approximate surface area is 108 Å². The number of halogens is 1. The first kappa shape index (κ1) is 12.3. The summed E-state index contributed by atoms with van der Waals surface area (Å²) in [4.78, 5) is 0. The minimum absolute atomic E-state index is 0.863. The van der Waals surface area contributed by atoms with Gasteiger partial charge in [0.15, 0.2) is 0 Å². The van der Waals surface area contributed by atoms with Crippen LogP contribution in [0.4, 0.5) is 0 Å². The lowest BCUT2D eigenvalue weighted by Crippen LogP contribution is -2.07. The lowest BCUT2D eigenvalue weighted by atomic mass is 9.97. The summed E-state index contributed by atoms with van der Waals surface area (Å²) < 4.78 is 0. The molecule has 0 aliphatic heterocycles. The topological polar surface area (TPSA) is 26.0 Å². The molecule has 0 unspecified atom stereocenters. The number of nitrogens with two attached hydrogens (primary N) is 1. The van der Waals surface area contributed by atoms with Crippen molar-refractivity contribution >= 4 is 11.6 Å². The van der Waals surface area contributed by atoms with Gasteiger partial charge in [0.2, 0.25) is 0 Å². The van der Waals surface area contributed by atoms with Crippen molar-refractivity contribution in [1.29, 1.82) is 0 Å². The summed E-state index contributed by atoms with van der Waals surface area (Å²) in [5.74, 6) is 0. The molecule has 1 nitrogen and oxygen atoms in total. The van der Waals surface area contributed by atoms with Crippen LogP contribution < -0.4 is 5.73 Å². The molecule has 90 valence electrons. The Kier molecular flexibility index (Phi) is 4.27. The SMILES string of the molecule is NC1=C(CCCc2ccccc2)C(Cl)=CCC1. The lowest BCUT2D eigenvalue weighted by molar-refractivity contribution is 0.789. The van der Waals surface area contributed by atoms with Crippen LogP contribution >= 0.6 is 11.6 Å². The minimum Gasteiger partial charge on any atom is -0.402 e. The summed E-state index contributed by atoms with van der Waals surface area (Å²) in [7, 11) is 0. The zero-order chi connectivity index (χ0) is 12.1. The molecule has 0 heterocycles. The van der Waals surface area contributed by atoms with E-state index >= 15 is 0 Å². The summed E-state index contributed by atoms with van der Waals surface area (Å²) in [6, 6.07) is 10.5. The molecule has 0 spiro atoms. The van der Waals surface area contributed by atoms with E-state index in [4.69, 9.17) is 17.3 Å². The van der Waals surface area contributed by atoms with E-state index in [0.717, 1.165) is 48.4 Å². The van der Waals surface area contributed by atoms with Gasteiger partial charge < -0.3 is 5.73 Å². The van der Waals surface area contributed by atoms with Gasteiger partial charge in [0.25, 0.3) is 0 Å². The first-order chi connectivity index (χ1) is 8.27. The molecule has 0 bridgehead atoms. The van der Waals surface area contributed by atoms with Gasteiger partial charge in [0, 0.05) is 10.7 Å². The molecule has 2 rings (SSSR count). The molecule has 1 aromatic carbocycles. The van der Waals surface area contributed by atoms with Crippen molar-refractivity contribution in [3.8, 4) is 0 Å². The third-order valence-electron chi connectivity index (χ3n) is 3.15. The van der Waals surface area contributed by atoms with Gasteiger partial charge in [0.05, 0.1) is 0 Å². The van der Waals surface area contributed by atoms with Crippen LogP contribution in [-0.2, 0) is 6.42 Å². The van der Waals surface area contributed by atoms with E-state index in [1.54, 1.807) is 0 Å². The number of hydrogen-bond acceptors (Lipinski definition) is 1. The summed E-state index contributed by atoms with van der Waals surface area (Å²) in [6.07, 6.45) is 7.18. The Morgan fingerprint density at radius 1 is 1.12 bits per heavy atom. The Bertz CT molecular complexity index is 431. The van der Waals surface area contributed by atoms with E-state index in [9.17, 15) is 0 Å². The summed E-state index contributed by atoms with van der Waals surface area (Å²) >= 11 is 6.18. The Morgan fingerprint density at radius 2 is 1.88 bits per heavy atom. The van der Waals surface area contributed by atoms with Gasteiger partial charge in [-0.3, -0.25) is 0 Å². The molecule has 0 saturated carbocycles. The zero-order valence-electron chi connectivity index (χ0n) is 9.95. The van der Waals surface area contributed by atoms with Gasteiger partial charge in [-0.05, 0) is 43.2 Å².